The van der Waals surface area contributed by atoms with Gasteiger partial charge in [-0.25, -0.2) is 0 Å². The highest BCUT2D eigenvalue weighted by atomic mass is 16.3. The molecule has 0 spiro atoms. The Balaban J connectivity index is 2.59. The van der Waals surface area contributed by atoms with E-state index in [4.69, 9.17) is 10.8 Å². The summed E-state index contributed by atoms with van der Waals surface area (Å²) in [5.74, 6) is 0. The van der Waals surface area contributed by atoms with E-state index in [1.165, 1.54) is 0 Å². The molecule has 1 aromatic rings. The minimum atomic E-state index is -0.416. The zero-order valence-corrected chi connectivity index (χ0v) is 9.11. The molecule has 0 saturated heterocycles. The summed E-state index contributed by atoms with van der Waals surface area (Å²) in [5.41, 5.74) is 8.66. The minimum absolute atomic E-state index is 0.125. The lowest BCUT2D eigenvalue weighted by Crippen LogP contribution is -2.12. The number of aryl methyl sites for hydroxylation is 1. The fourth-order valence-electron chi connectivity index (χ4n) is 1.59. The molecule has 15 heavy (non-hydrogen) atoms. The van der Waals surface area contributed by atoms with Crippen LogP contribution in [0.25, 0.3) is 0 Å². The second-order valence-corrected chi connectivity index (χ2v) is 3.93. The summed E-state index contributed by atoms with van der Waals surface area (Å²) in [7, 11) is 0. The second-order valence-electron chi connectivity index (χ2n) is 3.93. The van der Waals surface area contributed by atoms with Crippen molar-refractivity contribution in [2.24, 2.45) is 0 Å². The Labute approximate surface area is 90.5 Å². The molecule has 0 heterocycles. The number of aliphatic hydroxyl groups is 2. The van der Waals surface area contributed by atoms with Gasteiger partial charge in [-0.1, -0.05) is 17.7 Å². The average Bonchev–Trinajstić information content (AvgIpc) is 2.20. The molecule has 84 valence electrons. The van der Waals surface area contributed by atoms with Crippen molar-refractivity contribution in [3.05, 3.63) is 29.3 Å². The maximum atomic E-state index is 9.68. The largest absolute Gasteiger partial charge is 0.399 e. The van der Waals surface area contributed by atoms with Gasteiger partial charge >= 0.3 is 0 Å². The monoisotopic (exact) mass is 209 g/mol. The van der Waals surface area contributed by atoms with Crippen molar-refractivity contribution in [1.29, 1.82) is 0 Å². The summed E-state index contributed by atoms with van der Waals surface area (Å²) in [6, 6.07) is 5.82. The number of hydrogen-bond donors (Lipinski definition) is 3. The average molecular weight is 209 g/mol. The molecule has 0 aromatic heterocycles. The molecule has 0 aliphatic carbocycles. The number of hydrogen-bond acceptors (Lipinski definition) is 3. The van der Waals surface area contributed by atoms with Gasteiger partial charge in [0.2, 0.25) is 0 Å². The first kappa shape index (κ1) is 12.0. The third kappa shape index (κ3) is 3.90. The molecule has 0 saturated carbocycles. The van der Waals surface area contributed by atoms with Gasteiger partial charge in [0.05, 0.1) is 6.10 Å². The summed E-state index contributed by atoms with van der Waals surface area (Å²) in [5, 5.41) is 18.3. The van der Waals surface area contributed by atoms with Gasteiger partial charge in [-0.3, -0.25) is 0 Å². The van der Waals surface area contributed by atoms with Crippen LogP contribution >= 0.6 is 0 Å². The second kappa shape index (κ2) is 5.73. The molecule has 0 fully saturated rings. The van der Waals surface area contributed by atoms with E-state index in [-0.39, 0.29) is 6.61 Å². The molecular weight excluding hydrogens is 190 g/mol. The van der Waals surface area contributed by atoms with Crippen LogP contribution < -0.4 is 5.73 Å². The van der Waals surface area contributed by atoms with Gasteiger partial charge in [0.25, 0.3) is 0 Å². The van der Waals surface area contributed by atoms with E-state index in [2.05, 4.69) is 0 Å². The molecule has 0 aliphatic rings. The van der Waals surface area contributed by atoms with E-state index in [1.807, 2.05) is 25.1 Å². The van der Waals surface area contributed by atoms with Gasteiger partial charge in [0, 0.05) is 18.7 Å². The van der Waals surface area contributed by atoms with E-state index in [1.54, 1.807) is 0 Å². The van der Waals surface area contributed by atoms with Crippen LogP contribution in [0, 0.1) is 6.92 Å². The topological polar surface area (TPSA) is 66.5 Å². The van der Waals surface area contributed by atoms with Crippen molar-refractivity contribution in [2.45, 2.75) is 32.3 Å². The van der Waals surface area contributed by atoms with Crippen LogP contribution in [-0.4, -0.2) is 22.9 Å². The Morgan fingerprint density at radius 2 is 2.13 bits per heavy atom. The van der Waals surface area contributed by atoms with Crippen molar-refractivity contribution in [1.82, 2.24) is 0 Å². The normalized spacial score (nSPS) is 12.7. The van der Waals surface area contributed by atoms with Gasteiger partial charge in [-0.15, -0.1) is 0 Å². The highest BCUT2D eigenvalue weighted by Crippen LogP contribution is 2.17. The van der Waals surface area contributed by atoms with Crippen molar-refractivity contribution in [3.8, 4) is 0 Å². The van der Waals surface area contributed by atoms with Crippen LogP contribution in [0.5, 0.6) is 0 Å². The predicted molar refractivity (Wildman–Crippen MR) is 61.6 cm³/mol. The van der Waals surface area contributed by atoms with E-state index in [0.29, 0.717) is 19.3 Å². The predicted octanol–water partition coefficient (Wildman–Crippen LogP) is 1.25. The Bertz CT molecular complexity index is 312. The van der Waals surface area contributed by atoms with Crippen molar-refractivity contribution < 1.29 is 10.2 Å². The van der Waals surface area contributed by atoms with Crippen molar-refractivity contribution >= 4 is 5.69 Å². The molecule has 3 heteroatoms. The summed E-state index contributed by atoms with van der Waals surface area (Å²) in [6.45, 7) is 2.13. The first-order chi connectivity index (χ1) is 7.13. The first-order valence-corrected chi connectivity index (χ1v) is 5.27. The third-order valence-corrected chi connectivity index (χ3v) is 2.45. The van der Waals surface area contributed by atoms with E-state index in [0.717, 1.165) is 16.8 Å². The quantitative estimate of drug-likeness (QED) is 0.639. The highest BCUT2D eigenvalue weighted by Gasteiger charge is 2.07. The van der Waals surface area contributed by atoms with Crippen LogP contribution in [0.3, 0.4) is 0 Å². The smallest absolute Gasteiger partial charge is 0.0582 e. The molecule has 0 bridgehead atoms. The number of aliphatic hydroxyl groups excluding tert-OH is 2. The van der Waals surface area contributed by atoms with Crippen molar-refractivity contribution in [3.63, 3.8) is 0 Å². The standard InChI is InChI=1S/C12H19NO2/c1-9-4-5-12(13)10(7-9)8-11(15)3-2-6-14/h4-5,7,11,14-15H,2-3,6,8,13H2,1H3. The Morgan fingerprint density at radius 3 is 2.80 bits per heavy atom. The number of anilines is 1. The molecule has 1 rings (SSSR count). The highest BCUT2D eigenvalue weighted by molar-refractivity contribution is 5.48. The Hall–Kier alpha value is -1.06. The fourth-order valence-corrected chi connectivity index (χ4v) is 1.59. The molecular formula is C12H19NO2. The molecule has 0 radical (unpaired) electrons. The maximum Gasteiger partial charge on any atom is 0.0582 e. The van der Waals surface area contributed by atoms with Gasteiger partial charge in [0.15, 0.2) is 0 Å². The lowest BCUT2D eigenvalue weighted by atomic mass is 10.0. The van der Waals surface area contributed by atoms with Crippen LogP contribution in [0.4, 0.5) is 5.69 Å². The molecule has 0 aliphatic heterocycles. The molecule has 4 N–H and O–H groups in total. The number of nitrogens with two attached hydrogens (primary N) is 1. The van der Waals surface area contributed by atoms with Crippen LogP contribution in [-0.2, 0) is 6.42 Å². The lowest BCUT2D eigenvalue weighted by molar-refractivity contribution is 0.150. The lowest BCUT2D eigenvalue weighted by Gasteiger charge is -2.12. The maximum absolute atomic E-state index is 9.68. The van der Waals surface area contributed by atoms with Gasteiger partial charge in [0.1, 0.15) is 0 Å². The van der Waals surface area contributed by atoms with E-state index < -0.39 is 6.10 Å². The van der Waals surface area contributed by atoms with Crippen molar-refractivity contribution in [2.75, 3.05) is 12.3 Å². The van der Waals surface area contributed by atoms with Crippen LogP contribution in [0.15, 0.2) is 18.2 Å². The SMILES string of the molecule is Cc1ccc(N)c(CC(O)CCCO)c1. The minimum Gasteiger partial charge on any atom is -0.399 e. The third-order valence-electron chi connectivity index (χ3n) is 2.45. The van der Waals surface area contributed by atoms with Gasteiger partial charge in [-0.05, 0) is 31.4 Å². The molecule has 0 amide bonds. The zero-order valence-electron chi connectivity index (χ0n) is 9.11. The zero-order chi connectivity index (χ0) is 11.3. The molecule has 1 aromatic carbocycles. The number of benzene rings is 1. The molecule has 3 nitrogen and oxygen atoms in total. The summed E-state index contributed by atoms with van der Waals surface area (Å²) in [4.78, 5) is 0. The summed E-state index contributed by atoms with van der Waals surface area (Å²) < 4.78 is 0. The van der Waals surface area contributed by atoms with Crippen LogP contribution in [0.2, 0.25) is 0 Å². The fraction of sp³-hybridized carbons (Fsp3) is 0.500. The molecule has 1 unspecified atom stereocenters. The Morgan fingerprint density at radius 1 is 1.40 bits per heavy atom. The van der Waals surface area contributed by atoms with E-state index >= 15 is 0 Å². The van der Waals surface area contributed by atoms with Gasteiger partial charge < -0.3 is 15.9 Å². The molecule has 1 atom stereocenters. The first-order valence-electron chi connectivity index (χ1n) is 5.27. The number of rotatable bonds is 5. The number of nitrogen functional groups attached to an aromatic ring is 1. The van der Waals surface area contributed by atoms with Gasteiger partial charge in [-0.2, -0.15) is 0 Å². The summed E-state index contributed by atoms with van der Waals surface area (Å²) in [6.07, 6.45) is 1.39. The van der Waals surface area contributed by atoms with Crippen LogP contribution in [0.1, 0.15) is 24.0 Å². The Kier molecular flexibility index (Phi) is 4.59. The van der Waals surface area contributed by atoms with E-state index in [9.17, 15) is 5.11 Å². The summed E-state index contributed by atoms with van der Waals surface area (Å²) >= 11 is 0.